The molecule has 0 aliphatic heterocycles. The van der Waals surface area contributed by atoms with E-state index in [0.29, 0.717) is 13.2 Å². The third kappa shape index (κ3) is 5.77. The largest absolute Gasteiger partial charge is 0.492 e. The summed E-state index contributed by atoms with van der Waals surface area (Å²) in [4.78, 5) is 5.59. The second kappa shape index (κ2) is 9.10. The molecule has 5 heteroatoms. The summed E-state index contributed by atoms with van der Waals surface area (Å²) >= 11 is 1.78. The Kier molecular flexibility index (Phi) is 6.77. The Labute approximate surface area is 136 Å². The highest BCUT2D eigenvalue weighted by Crippen LogP contribution is 2.11. The highest BCUT2D eigenvalue weighted by atomic mass is 32.1. The molecule has 0 unspecified atom stereocenters. The van der Waals surface area contributed by atoms with Gasteiger partial charge >= 0.3 is 0 Å². The van der Waals surface area contributed by atoms with Gasteiger partial charge in [-0.1, -0.05) is 18.2 Å². The minimum Gasteiger partial charge on any atom is -0.492 e. The van der Waals surface area contributed by atoms with Crippen molar-refractivity contribution in [2.45, 2.75) is 13.3 Å². The number of aliphatic imine (C=N–C) groups is 1. The normalized spacial score (nSPS) is 11.3. The summed E-state index contributed by atoms with van der Waals surface area (Å²) in [6.07, 6.45) is 1.01. The topological polar surface area (TPSA) is 45.7 Å². The van der Waals surface area contributed by atoms with Gasteiger partial charge in [-0.25, -0.2) is 0 Å². The molecule has 2 N–H and O–H groups in total. The Morgan fingerprint density at radius 3 is 2.77 bits per heavy atom. The van der Waals surface area contributed by atoms with E-state index in [1.165, 1.54) is 10.4 Å². The third-order valence-corrected chi connectivity index (χ3v) is 4.06. The van der Waals surface area contributed by atoms with E-state index < -0.39 is 0 Å². The van der Waals surface area contributed by atoms with Crippen LogP contribution in [0.2, 0.25) is 0 Å². The molecule has 0 radical (unpaired) electrons. The minimum atomic E-state index is 0.606. The maximum absolute atomic E-state index is 5.70. The van der Waals surface area contributed by atoms with Crippen LogP contribution in [-0.4, -0.2) is 32.7 Å². The predicted octanol–water partition coefficient (Wildman–Crippen LogP) is 2.84. The predicted molar refractivity (Wildman–Crippen MR) is 94.1 cm³/mol. The van der Waals surface area contributed by atoms with E-state index >= 15 is 0 Å². The minimum absolute atomic E-state index is 0.606. The molecule has 1 aromatic carbocycles. The van der Waals surface area contributed by atoms with Crippen LogP contribution in [0.4, 0.5) is 0 Å². The van der Waals surface area contributed by atoms with Gasteiger partial charge in [-0.05, 0) is 42.5 Å². The fourth-order valence-electron chi connectivity index (χ4n) is 2.02. The second-order valence-corrected chi connectivity index (χ2v) is 5.95. The van der Waals surface area contributed by atoms with E-state index in [1.807, 2.05) is 18.2 Å². The van der Waals surface area contributed by atoms with Gasteiger partial charge in [0.25, 0.3) is 0 Å². The van der Waals surface area contributed by atoms with E-state index in [4.69, 9.17) is 4.74 Å². The molecule has 22 heavy (non-hydrogen) atoms. The lowest BCUT2D eigenvalue weighted by atomic mass is 10.2. The van der Waals surface area contributed by atoms with Crippen molar-refractivity contribution in [3.05, 3.63) is 52.2 Å². The standard InChI is InChI=1S/C17H23N3OS/c1-14-5-3-6-15(13-14)21-11-10-20-17(18-2)19-9-8-16-7-4-12-22-16/h3-7,12-13H,8-11H2,1-2H3,(H2,18,19,20). The van der Waals surface area contributed by atoms with Crippen LogP contribution in [0.15, 0.2) is 46.8 Å². The molecule has 0 aliphatic carbocycles. The number of benzene rings is 1. The molecule has 0 amide bonds. The van der Waals surface area contributed by atoms with Crippen molar-refractivity contribution in [3.8, 4) is 5.75 Å². The first-order chi connectivity index (χ1) is 10.8. The Hall–Kier alpha value is -2.01. The van der Waals surface area contributed by atoms with Gasteiger partial charge < -0.3 is 15.4 Å². The van der Waals surface area contributed by atoms with Gasteiger partial charge in [0, 0.05) is 18.5 Å². The van der Waals surface area contributed by atoms with Crippen molar-refractivity contribution in [3.63, 3.8) is 0 Å². The van der Waals surface area contributed by atoms with Crippen LogP contribution in [0.3, 0.4) is 0 Å². The second-order valence-electron chi connectivity index (χ2n) is 4.92. The Morgan fingerprint density at radius 2 is 2.05 bits per heavy atom. The van der Waals surface area contributed by atoms with Crippen LogP contribution in [0.25, 0.3) is 0 Å². The molecule has 0 aliphatic rings. The van der Waals surface area contributed by atoms with Gasteiger partial charge in [0.2, 0.25) is 0 Å². The van der Waals surface area contributed by atoms with Crippen molar-refractivity contribution < 1.29 is 4.74 Å². The molecule has 2 rings (SSSR count). The lowest BCUT2D eigenvalue weighted by Crippen LogP contribution is -2.40. The summed E-state index contributed by atoms with van der Waals surface area (Å²) < 4.78 is 5.70. The summed E-state index contributed by atoms with van der Waals surface area (Å²) in [7, 11) is 1.78. The number of ether oxygens (including phenoxy) is 1. The van der Waals surface area contributed by atoms with Gasteiger partial charge in [0.05, 0.1) is 6.54 Å². The Morgan fingerprint density at radius 1 is 1.18 bits per heavy atom. The molecule has 0 bridgehead atoms. The van der Waals surface area contributed by atoms with Gasteiger partial charge in [-0.15, -0.1) is 11.3 Å². The number of nitrogens with one attached hydrogen (secondary N) is 2. The van der Waals surface area contributed by atoms with Crippen LogP contribution >= 0.6 is 11.3 Å². The molecular formula is C17H23N3OS. The molecule has 118 valence electrons. The maximum Gasteiger partial charge on any atom is 0.191 e. The molecule has 0 atom stereocenters. The summed E-state index contributed by atoms with van der Waals surface area (Å²) in [5.41, 5.74) is 1.21. The van der Waals surface area contributed by atoms with Gasteiger partial charge in [-0.3, -0.25) is 4.99 Å². The number of hydrogen-bond donors (Lipinski definition) is 2. The fraction of sp³-hybridized carbons (Fsp3) is 0.353. The average molecular weight is 317 g/mol. The molecule has 0 saturated heterocycles. The molecule has 0 fully saturated rings. The smallest absolute Gasteiger partial charge is 0.191 e. The quantitative estimate of drug-likeness (QED) is 0.469. The lowest BCUT2D eigenvalue weighted by molar-refractivity contribution is 0.321. The first-order valence-electron chi connectivity index (χ1n) is 7.44. The van der Waals surface area contributed by atoms with Crippen LogP contribution in [0.1, 0.15) is 10.4 Å². The van der Waals surface area contributed by atoms with Crippen molar-refractivity contribution in [2.24, 2.45) is 4.99 Å². The first kappa shape index (κ1) is 16.4. The average Bonchev–Trinajstić information content (AvgIpc) is 3.03. The summed E-state index contributed by atoms with van der Waals surface area (Å²) in [5, 5.41) is 8.66. The number of nitrogens with zero attached hydrogens (tertiary/aromatic N) is 1. The molecule has 1 heterocycles. The zero-order valence-corrected chi connectivity index (χ0v) is 14.0. The Bertz CT molecular complexity index is 581. The van der Waals surface area contributed by atoms with Crippen LogP contribution in [0, 0.1) is 6.92 Å². The van der Waals surface area contributed by atoms with E-state index in [9.17, 15) is 0 Å². The van der Waals surface area contributed by atoms with E-state index in [2.05, 4.69) is 46.1 Å². The number of guanidine groups is 1. The molecule has 2 aromatic rings. The highest BCUT2D eigenvalue weighted by molar-refractivity contribution is 7.09. The van der Waals surface area contributed by atoms with Crippen LogP contribution < -0.4 is 15.4 Å². The maximum atomic E-state index is 5.70. The SMILES string of the molecule is CN=C(NCCOc1cccc(C)c1)NCCc1cccs1. The number of aryl methyl sites for hydroxylation is 1. The number of rotatable bonds is 7. The summed E-state index contributed by atoms with van der Waals surface area (Å²) in [5.74, 6) is 1.71. The monoisotopic (exact) mass is 317 g/mol. The summed E-state index contributed by atoms with van der Waals surface area (Å²) in [6.45, 7) is 4.26. The fourth-order valence-corrected chi connectivity index (χ4v) is 2.73. The van der Waals surface area contributed by atoms with Crippen molar-refractivity contribution in [1.29, 1.82) is 0 Å². The van der Waals surface area contributed by atoms with Gasteiger partial charge in [-0.2, -0.15) is 0 Å². The van der Waals surface area contributed by atoms with Crippen LogP contribution in [-0.2, 0) is 6.42 Å². The lowest BCUT2D eigenvalue weighted by Gasteiger charge is -2.12. The van der Waals surface area contributed by atoms with Crippen molar-refractivity contribution in [1.82, 2.24) is 10.6 Å². The zero-order valence-electron chi connectivity index (χ0n) is 13.1. The van der Waals surface area contributed by atoms with E-state index in [-0.39, 0.29) is 0 Å². The molecule has 0 spiro atoms. The van der Waals surface area contributed by atoms with Gasteiger partial charge in [0.1, 0.15) is 12.4 Å². The highest BCUT2D eigenvalue weighted by Gasteiger charge is 1.99. The van der Waals surface area contributed by atoms with Crippen molar-refractivity contribution in [2.75, 3.05) is 26.7 Å². The molecule has 0 saturated carbocycles. The Balaban J connectivity index is 1.62. The third-order valence-electron chi connectivity index (χ3n) is 3.12. The summed E-state index contributed by atoms with van der Waals surface area (Å²) in [6, 6.07) is 12.3. The van der Waals surface area contributed by atoms with E-state index in [0.717, 1.165) is 24.7 Å². The van der Waals surface area contributed by atoms with E-state index in [1.54, 1.807) is 18.4 Å². The molecule has 1 aromatic heterocycles. The van der Waals surface area contributed by atoms with Crippen molar-refractivity contribution >= 4 is 17.3 Å². The zero-order chi connectivity index (χ0) is 15.6. The number of thiophene rings is 1. The van der Waals surface area contributed by atoms with Gasteiger partial charge in [0.15, 0.2) is 5.96 Å². The molecular weight excluding hydrogens is 294 g/mol. The first-order valence-corrected chi connectivity index (χ1v) is 8.32. The number of hydrogen-bond acceptors (Lipinski definition) is 3. The molecule has 4 nitrogen and oxygen atoms in total. The van der Waals surface area contributed by atoms with Crippen LogP contribution in [0.5, 0.6) is 5.75 Å².